The molecule has 1 amide bonds. The van der Waals surface area contributed by atoms with Gasteiger partial charge in [-0.25, -0.2) is 5.43 Å². The number of amides is 1. The van der Waals surface area contributed by atoms with Gasteiger partial charge in [0, 0.05) is 11.6 Å². The first-order valence-corrected chi connectivity index (χ1v) is 9.90. The average Bonchev–Trinajstić information content (AvgIpc) is 2.77. The molecule has 0 aliphatic heterocycles. The van der Waals surface area contributed by atoms with Gasteiger partial charge in [0.25, 0.3) is 11.5 Å². The Kier molecular flexibility index (Phi) is 7.16. The molecule has 0 bridgehead atoms. The Balaban J connectivity index is 1.66. The van der Waals surface area contributed by atoms with Crippen molar-refractivity contribution in [3.8, 4) is 5.75 Å². The van der Waals surface area contributed by atoms with E-state index in [0.717, 1.165) is 41.5 Å². The van der Waals surface area contributed by atoms with Crippen LogP contribution in [0.3, 0.4) is 0 Å². The summed E-state index contributed by atoms with van der Waals surface area (Å²) in [4.78, 5) is 27.0. The summed E-state index contributed by atoms with van der Waals surface area (Å²) >= 11 is 0. The highest BCUT2D eigenvalue weighted by molar-refractivity contribution is 5.93. The van der Waals surface area contributed by atoms with Crippen LogP contribution in [0, 0.1) is 0 Å². The number of nitrogens with zero attached hydrogens (tertiary/aromatic N) is 1. The van der Waals surface area contributed by atoms with Crippen LogP contribution < -0.4 is 15.7 Å². The summed E-state index contributed by atoms with van der Waals surface area (Å²) in [6, 6.07) is 15.1. The van der Waals surface area contributed by atoms with E-state index in [2.05, 4.69) is 28.5 Å². The number of hydrogen-bond acceptors (Lipinski definition) is 4. The number of fused-ring (bicyclic) bond motifs is 1. The lowest BCUT2D eigenvalue weighted by Gasteiger charge is -2.04. The molecule has 0 radical (unpaired) electrons. The van der Waals surface area contributed by atoms with E-state index < -0.39 is 0 Å². The summed E-state index contributed by atoms with van der Waals surface area (Å²) in [7, 11) is 1.60. The molecule has 1 aromatic heterocycles. The Labute approximate surface area is 175 Å². The first-order valence-electron chi connectivity index (χ1n) is 9.90. The zero-order valence-corrected chi connectivity index (χ0v) is 17.1. The molecule has 2 aromatic carbocycles. The fraction of sp³-hybridized carbons (Fsp3) is 0.208. The van der Waals surface area contributed by atoms with Crippen LogP contribution >= 0.6 is 0 Å². The summed E-state index contributed by atoms with van der Waals surface area (Å²) in [6.07, 6.45) is 7.67. The van der Waals surface area contributed by atoms with Gasteiger partial charge in [0.1, 0.15) is 5.75 Å². The average molecular weight is 403 g/mol. The van der Waals surface area contributed by atoms with E-state index in [9.17, 15) is 9.59 Å². The first kappa shape index (κ1) is 21.0. The summed E-state index contributed by atoms with van der Waals surface area (Å²) < 4.78 is 5.10. The lowest BCUT2D eigenvalue weighted by molar-refractivity contribution is -0.116. The third-order valence-electron chi connectivity index (χ3n) is 4.68. The first-order chi connectivity index (χ1) is 14.6. The van der Waals surface area contributed by atoms with Crippen LogP contribution in [0.2, 0.25) is 0 Å². The number of H-pyrrole nitrogens is 1. The molecular formula is C24H25N3O3. The molecule has 3 rings (SSSR count). The van der Waals surface area contributed by atoms with E-state index in [4.69, 9.17) is 4.74 Å². The molecule has 0 spiro atoms. The van der Waals surface area contributed by atoms with Gasteiger partial charge < -0.3 is 9.72 Å². The molecule has 0 fully saturated rings. The van der Waals surface area contributed by atoms with Crippen molar-refractivity contribution < 1.29 is 9.53 Å². The lowest BCUT2D eigenvalue weighted by atomic mass is 10.0. The fourth-order valence-corrected chi connectivity index (χ4v) is 2.99. The summed E-state index contributed by atoms with van der Waals surface area (Å²) in [5.74, 6) is 0.362. The Morgan fingerprint density at radius 1 is 1.17 bits per heavy atom. The highest BCUT2D eigenvalue weighted by Gasteiger charge is 2.03. The molecule has 2 N–H and O–H groups in total. The number of aromatic amines is 1. The maximum absolute atomic E-state index is 12.2. The summed E-state index contributed by atoms with van der Waals surface area (Å²) in [5, 5.41) is 4.85. The number of aryl methyl sites for hydroxylation is 1. The van der Waals surface area contributed by atoms with Crippen molar-refractivity contribution in [2.24, 2.45) is 5.10 Å². The molecule has 1 heterocycles. The molecular weight excluding hydrogens is 378 g/mol. The molecule has 3 aromatic rings. The van der Waals surface area contributed by atoms with E-state index in [1.165, 1.54) is 17.9 Å². The zero-order valence-electron chi connectivity index (χ0n) is 17.1. The number of aromatic nitrogens is 1. The van der Waals surface area contributed by atoms with Gasteiger partial charge in [-0.2, -0.15) is 5.10 Å². The second kappa shape index (κ2) is 10.2. The van der Waals surface area contributed by atoms with Gasteiger partial charge >= 0.3 is 0 Å². The van der Waals surface area contributed by atoms with E-state index in [-0.39, 0.29) is 11.5 Å². The molecule has 0 atom stereocenters. The van der Waals surface area contributed by atoms with Gasteiger partial charge in [-0.15, -0.1) is 0 Å². The molecule has 154 valence electrons. The van der Waals surface area contributed by atoms with Gasteiger partial charge in [-0.3, -0.25) is 9.59 Å². The van der Waals surface area contributed by atoms with Gasteiger partial charge in [0.15, 0.2) is 0 Å². The minimum atomic E-state index is -0.388. The number of benzene rings is 2. The second-order valence-electron chi connectivity index (χ2n) is 6.92. The van der Waals surface area contributed by atoms with Crippen molar-refractivity contribution in [2.75, 3.05) is 7.11 Å². The van der Waals surface area contributed by atoms with E-state index in [1.807, 2.05) is 36.4 Å². The molecule has 6 nitrogen and oxygen atoms in total. The van der Waals surface area contributed by atoms with E-state index in [0.29, 0.717) is 5.56 Å². The molecule has 6 heteroatoms. The van der Waals surface area contributed by atoms with Gasteiger partial charge in [0.2, 0.25) is 0 Å². The Bertz CT molecular complexity index is 1130. The smallest absolute Gasteiger partial charge is 0.264 e. The topological polar surface area (TPSA) is 83.5 Å². The maximum atomic E-state index is 12.2. The van der Waals surface area contributed by atoms with Crippen molar-refractivity contribution in [3.05, 3.63) is 81.7 Å². The number of pyridine rings is 1. The molecule has 30 heavy (non-hydrogen) atoms. The predicted molar refractivity (Wildman–Crippen MR) is 121 cm³/mol. The Morgan fingerprint density at radius 3 is 2.70 bits per heavy atom. The quantitative estimate of drug-likeness (QED) is 0.338. The number of methoxy groups -OCH3 is 1. The highest BCUT2D eigenvalue weighted by Crippen LogP contribution is 2.15. The summed E-state index contributed by atoms with van der Waals surface area (Å²) in [6.45, 7) is 2.16. The van der Waals surface area contributed by atoms with Crippen LogP contribution in [0.15, 0.2) is 64.5 Å². The number of ether oxygens (including phenoxy) is 1. The zero-order chi connectivity index (χ0) is 21.3. The Morgan fingerprint density at radius 2 is 1.97 bits per heavy atom. The SMILES string of the molecule is CCCCc1ccc2[nH]c(=O)c(/C=N\NC(=O)/C=C/c3ccc(OC)cc3)cc2c1. The summed E-state index contributed by atoms with van der Waals surface area (Å²) in [5.41, 5.74) is 5.41. The minimum Gasteiger partial charge on any atom is -0.497 e. The van der Waals surface area contributed by atoms with Crippen LogP contribution in [0.25, 0.3) is 17.0 Å². The van der Waals surface area contributed by atoms with Crippen molar-refractivity contribution >= 4 is 29.1 Å². The van der Waals surface area contributed by atoms with Crippen LogP contribution in [0.1, 0.15) is 36.5 Å². The minimum absolute atomic E-state index is 0.254. The second-order valence-corrected chi connectivity index (χ2v) is 6.92. The number of unbranched alkanes of at least 4 members (excludes halogenated alkanes) is 1. The number of nitrogens with one attached hydrogen (secondary N) is 2. The van der Waals surface area contributed by atoms with Crippen LogP contribution in [-0.4, -0.2) is 24.2 Å². The predicted octanol–water partition coefficient (Wildman–Crippen LogP) is 4.04. The maximum Gasteiger partial charge on any atom is 0.264 e. The lowest BCUT2D eigenvalue weighted by Crippen LogP contribution is -2.17. The van der Waals surface area contributed by atoms with Gasteiger partial charge in [-0.05, 0) is 65.8 Å². The van der Waals surface area contributed by atoms with Crippen molar-refractivity contribution in [3.63, 3.8) is 0 Å². The normalized spacial score (nSPS) is 11.4. The number of hydrazone groups is 1. The molecule has 0 aliphatic carbocycles. The molecule has 0 aliphatic rings. The molecule has 0 saturated carbocycles. The van der Waals surface area contributed by atoms with Crippen LogP contribution in [-0.2, 0) is 11.2 Å². The van der Waals surface area contributed by atoms with Crippen molar-refractivity contribution in [1.82, 2.24) is 10.4 Å². The monoisotopic (exact) mass is 403 g/mol. The van der Waals surface area contributed by atoms with E-state index in [1.54, 1.807) is 19.3 Å². The van der Waals surface area contributed by atoms with Crippen LogP contribution in [0.4, 0.5) is 0 Å². The highest BCUT2D eigenvalue weighted by atomic mass is 16.5. The van der Waals surface area contributed by atoms with Crippen molar-refractivity contribution in [2.45, 2.75) is 26.2 Å². The largest absolute Gasteiger partial charge is 0.497 e. The number of carbonyl (C=O) groups is 1. The van der Waals surface area contributed by atoms with Gasteiger partial charge in [0.05, 0.1) is 18.9 Å². The third kappa shape index (κ3) is 5.67. The molecule has 0 saturated heterocycles. The Hall–Kier alpha value is -3.67. The number of carbonyl (C=O) groups excluding carboxylic acids is 1. The van der Waals surface area contributed by atoms with Crippen molar-refractivity contribution in [1.29, 1.82) is 0 Å². The fourth-order valence-electron chi connectivity index (χ4n) is 2.99. The van der Waals surface area contributed by atoms with Gasteiger partial charge in [-0.1, -0.05) is 31.5 Å². The number of hydrogen-bond donors (Lipinski definition) is 2. The standard InChI is InChI=1S/C24H25N3O3/c1-3-4-5-18-8-12-22-19(14-18)15-20(24(29)26-22)16-25-27-23(28)13-9-17-6-10-21(30-2)11-7-17/h6-16H,3-5H2,1-2H3,(H,26,29)(H,27,28)/b13-9+,25-16-. The van der Waals surface area contributed by atoms with E-state index >= 15 is 0 Å². The third-order valence-corrected chi connectivity index (χ3v) is 4.68. The van der Waals surface area contributed by atoms with Crippen LogP contribution in [0.5, 0.6) is 5.75 Å². The molecule has 0 unspecified atom stereocenters. The number of rotatable bonds is 8.